The molecule has 3 rings (SSSR count). The largest absolute Gasteiger partial charge is 0.355 e. The van der Waals surface area contributed by atoms with Crippen molar-refractivity contribution in [1.82, 2.24) is 15.6 Å². The molecule has 2 amide bonds. The highest BCUT2D eigenvalue weighted by Crippen LogP contribution is 2.27. The van der Waals surface area contributed by atoms with E-state index in [0.717, 1.165) is 56.3 Å². The number of nitrogens with zero attached hydrogens (tertiary/aromatic N) is 2. The first-order valence-corrected chi connectivity index (χ1v) is 9.16. The minimum Gasteiger partial charge on any atom is -0.355 e. The average molecular weight is 409 g/mol. The van der Waals surface area contributed by atoms with E-state index in [1.54, 1.807) is 4.90 Å². The standard InChI is InChI=1S/C16H24N4O2S.2ClH/c1-16(4-6-17-7-5-16)11-18-13(21)9-12-10-23-15(19-12)20-8-2-3-14(20)22;;/h10,17H,2-9,11H2,1H3,(H,18,21);2*1H. The molecule has 0 atom stereocenters. The normalized spacial score (nSPS) is 19.1. The van der Waals surface area contributed by atoms with Crippen LogP contribution >= 0.6 is 36.2 Å². The fourth-order valence-corrected chi connectivity index (χ4v) is 3.97. The maximum atomic E-state index is 12.1. The van der Waals surface area contributed by atoms with Crippen LogP contribution in [0.2, 0.25) is 0 Å². The van der Waals surface area contributed by atoms with Crippen molar-refractivity contribution in [2.45, 2.75) is 39.0 Å². The minimum absolute atomic E-state index is 0. The van der Waals surface area contributed by atoms with Crippen molar-refractivity contribution < 1.29 is 9.59 Å². The van der Waals surface area contributed by atoms with Crippen molar-refractivity contribution in [3.63, 3.8) is 0 Å². The van der Waals surface area contributed by atoms with Gasteiger partial charge < -0.3 is 10.6 Å². The summed E-state index contributed by atoms with van der Waals surface area (Å²) in [6.07, 6.45) is 3.95. The molecule has 1 aromatic rings. The van der Waals surface area contributed by atoms with Gasteiger partial charge in [0.25, 0.3) is 0 Å². The Hall–Kier alpha value is -0.890. The van der Waals surface area contributed by atoms with Crippen LogP contribution in [-0.4, -0.2) is 43.0 Å². The highest BCUT2D eigenvalue weighted by molar-refractivity contribution is 7.14. The Morgan fingerprint density at radius 3 is 2.76 bits per heavy atom. The Morgan fingerprint density at radius 2 is 2.12 bits per heavy atom. The van der Waals surface area contributed by atoms with E-state index < -0.39 is 0 Å². The molecule has 1 aromatic heterocycles. The van der Waals surface area contributed by atoms with E-state index in [0.29, 0.717) is 6.42 Å². The van der Waals surface area contributed by atoms with Gasteiger partial charge in [-0.2, -0.15) is 0 Å². The fourth-order valence-electron chi connectivity index (χ4n) is 3.10. The fraction of sp³-hybridized carbons (Fsp3) is 0.688. The van der Waals surface area contributed by atoms with E-state index in [9.17, 15) is 9.59 Å². The number of amides is 2. The van der Waals surface area contributed by atoms with E-state index in [-0.39, 0.29) is 48.5 Å². The molecule has 0 unspecified atom stereocenters. The molecular formula is C16H26Cl2N4O2S. The number of rotatable bonds is 5. The first kappa shape index (κ1) is 22.2. The van der Waals surface area contributed by atoms with Crippen LogP contribution in [0.25, 0.3) is 0 Å². The van der Waals surface area contributed by atoms with Crippen LogP contribution in [0, 0.1) is 5.41 Å². The molecule has 2 aliphatic heterocycles. The van der Waals surface area contributed by atoms with Crippen LogP contribution < -0.4 is 15.5 Å². The van der Waals surface area contributed by atoms with Gasteiger partial charge in [0.05, 0.1) is 12.1 Å². The lowest BCUT2D eigenvalue weighted by molar-refractivity contribution is -0.121. The lowest BCUT2D eigenvalue weighted by Gasteiger charge is -2.34. The number of carbonyl (C=O) groups excluding carboxylic acids is 2. The van der Waals surface area contributed by atoms with E-state index in [1.165, 1.54) is 11.3 Å². The van der Waals surface area contributed by atoms with Crippen molar-refractivity contribution in [1.29, 1.82) is 0 Å². The third kappa shape index (κ3) is 5.81. The Kier molecular flexibility index (Phi) is 8.60. The van der Waals surface area contributed by atoms with Gasteiger partial charge in [0.1, 0.15) is 0 Å². The van der Waals surface area contributed by atoms with Crippen LogP contribution in [0.4, 0.5) is 5.13 Å². The molecule has 25 heavy (non-hydrogen) atoms. The van der Waals surface area contributed by atoms with Crippen molar-refractivity contribution in [3.05, 3.63) is 11.1 Å². The number of aromatic nitrogens is 1. The Labute approximate surface area is 165 Å². The summed E-state index contributed by atoms with van der Waals surface area (Å²) in [5.41, 5.74) is 0.938. The highest BCUT2D eigenvalue weighted by atomic mass is 35.5. The summed E-state index contributed by atoms with van der Waals surface area (Å²) < 4.78 is 0. The number of thiazole rings is 1. The summed E-state index contributed by atoms with van der Waals surface area (Å²) in [5, 5.41) is 9.00. The predicted molar refractivity (Wildman–Crippen MR) is 105 cm³/mol. The van der Waals surface area contributed by atoms with Crippen LogP contribution in [0.15, 0.2) is 5.38 Å². The quantitative estimate of drug-likeness (QED) is 0.782. The molecule has 2 fully saturated rings. The average Bonchev–Trinajstić information content (AvgIpc) is 3.15. The molecular weight excluding hydrogens is 383 g/mol. The highest BCUT2D eigenvalue weighted by Gasteiger charge is 2.27. The first-order valence-electron chi connectivity index (χ1n) is 8.28. The lowest BCUT2D eigenvalue weighted by Crippen LogP contribution is -2.43. The number of nitrogens with one attached hydrogen (secondary N) is 2. The zero-order valence-corrected chi connectivity index (χ0v) is 16.8. The van der Waals surface area contributed by atoms with Gasteiger partial charge in [-0.05, 0) is 37.8 Å². The smallest absolute Gasteiger partial charge is 0.228 e. The second-order valence-corrected chi connectivity index (χ2v) is 7.62. The van der Waals surface area contributed by atoms with Gasteiger partial charge in [0, 0.05) is 24.9 Å². The molecule has 2 N–H and O–H groups in total. The van der Waals surface area contributed by atoms with Crippen molar-refractivity contribution in [2.24, 2.45) is 5.41 Å². The molecule has 0 aliphatic carbocycles. The van der Waals surface area contributed by atoms with Gasteiger partial charge >= 0.3 is 0 Å². The summed E-state index contributed by atoms with van der Waals surface area (Å²) in [7, 11) is 0. The van der Waals surface area contributed by atoms with Gasteiger partial charge in [-0.1, -0.05) is 6.92 Å². The van der Waals surface area contributed by atoms with Crippen molar-refractivity contribution in [2.75, 3.05) is 31.1 Å². The summed E-state index contributed by atoms with van der Waals surface area (Å²) in [5.74, 6) is 0.142. The Morgan fingerprint density at radius 1 is 1.40 bits per heavy atom. The van der Waals surface area contributed by atoms with Gasteiger partial charge in [0.15, 0.2) is 5.13 Å². The summed E-state index contributed by atoms with van der Waals surface area (Å²) in [4.78, 5) is 30.0. The lowest BCUT2D eigenvalue weighted by atomic mass is 9.81. The Bertz CT molecular complexity index is 590. The van der Waals surface area contributed by atoms with E-state index in [2.05, 4.69) is 22.5 Å². The number of piperidine rings is 1. The molecule has 3 heterocycles. The summed E-state index contributed by atoms with van der Waals surface area (Å²) in [6, 6.07) is 0. The van der Waals surface area contributed by atoms with Gasteiger partial charge in [-0.15, -0.1) is 36.2 Å². The second-order valence-electron chi connectivity index (χ2n) is 6.78. The molecule has 0 saturated carbocycles. The third-order valence-electron chi connectivity index (χ3n) is 4.71. The molecule has 0 bridgehead atoms. The maximum Gasteiger partial charge on any atom is 0.228 e. The van der Waals surface area contributed by atoms with Crippen molar-refractivity contribution >= 4 is 53.1 Å². The number of anilines is 1. The van der Waals surface area contributed by atoms with Gasteiger partial charge in [-0.3, -0.25) is 14.5 Å². The van der Waals surface area contributed by atoms with Gasteiger partial charge in [-0.25, -0.2) is 4.98 Å². The van der Waals surface area contributed by atoms with E-state index in [1.807, 2.05) is 5.38 Å². The monoisotopic (exact) mass is 408 g/mol. The number of halogens is 2. The number of hydrogen-bond donors (Lipinski definition) is 2. The third-order valence-corrected chi connectivity index (χ3v) is 5.62. The molecule has 142 valence electrons. The minimum atomic E-state index is 0. The molecule has 0 spiro atoms. The van der Waals surface area contributed by atoms with Gasteiger partial charge in [0.2, 0.25) is 11.8 Å². The van der Waals surface area contributed by atoms with E-state index >= 15 is 0 Å². The van der Waals surface area contributed by atoms with Crippen LogP contribution in [0.5, 0.6) is 0 Å². The van der Waals surface area contributed by atoms with E-state index in [4.69, 9.17) is 0 Å². The Balaban J connectivity index is 0.00000156. The predicted octanol–water partition coefficient (Wildman–Crippen LogP) is 2.16. The van der Waals surface area contributed by atoms with Crippen LogP contribution in [-0.2, 0) is 16.0 Å². The summed E-state index contributed by atoms with van der Waals surface area (Å²) in [6.45, 7) is 5.73. The zero-order chi connectivity index (χ0) is 16.3. The molecule has 2 aliphatic rings. The zero-order valence-electron chi connectivity index (χ0n) is 14.4. The molecule has 0 aromatic carbocycles. The number of hydrogen-bond acceptors (Lipinski definition) is 5. The number of carbonyl (C=O) groups is 2. The summed E-state index contributed by atoms with van der Waals surface area (Å²) >= 11 is 1.44. The topological polar surface area (TPSA) is 74.3 Å². The molecule has 6 nitrogen and oxygen atoms in total. The van der Waals surface area contributed by atoms with Crippen LogP contribution in [0.1, 0.15) is 38.3 Å². The molecule has 0 radical (unpaired) electrons. The molecule has 2 saturated heterocycles. The SMILES string of the molecule is CC1(CNC(=O)Cc2csc(N3CCCC3=O)n2)CCNCC1.Cl.Cl. The molecule has 9 heteroatoms. The maximum absolute atomic E-state index is 12.1. The first-order chi connectivity index (χ1) is 11.1. The van der Waals surface area contributed by atoms with Crippen LogP contribution in [0.3, 0.4) is 0 Å². The van der Waals surface area contributed by atoms with Crippen molar-refractivity contribution in [3.8, 4) is 0 Å². The second kappa shape index (κ2) is 9.71.